The number of anilines is 1. The largest absolute Gasteiger partial charge is 0.484 e. The Balaban J connectivity index is 1.46. The maximum Gasteiger partial charge on any atom is 0.321 e. The van der Waals surface area contributed by atoms with Crippen LogP contribution in [0.4, 0.5) is 10.5 Å². The summed E-state index contributed by atoms with van der Waals surface area (Å²) >= 11 is 0. The predicted octanol–water partition coefficient (Wildman–Crippen LogP) is 4.28. The van der Waals surface area contributed by atoms with Crippen molar-refractivity contribution in [3.05, 3.63) is 70.9 Å². The summed E-state index contributed by atoms with van der Waals surface area (Å²) in [7, 11) is 1.73. The van der Waals surface area contributed by atoms with Crippen LogP contribution in [0.15, 0.2) is 47.0 Å². The van der Waals surface area contributed by atoms with Crippen LogP contribution in [0.1, 0.15) is 28.4 Å². The van der Waals surface area contributed by atoms with Crippen LogP contribution < -0.4 is 10.1 Å². The van der Waals surface area contributed by atoms with E-state index in [1.807, 2.05) is 63.2 Å². The molecule has 0 bridgehead atoms. The van der Waals surface area contributed by atoms with Gasteiger partial charge >= 0.3 is 6.03 Å². The lowest BCUT2D eigenvalue weighted by molar-refractivity contribution is 0.222. The number of nitrogens with zero attached hydrogens (tertiary/aromatic N) is 3. The van der Waals surface area contributed by atoms with Gasteiger partial charge in [-0.2, -0.15) is 4.98 Å². The number of hydrogen-bond donors (Lipinski definition) is 1. The van der Waals surface area contributed by atoms with Gasteiger partial charge in [-0.25, -0.2) is 4.79 Å². The smallest absolute Gasteiger partial charge is 0.321 e. The first-order chi connectivity index (χ1) is 13.9. The zero-order valence-corrected chi connectivity index (χ0v) is 17.2. The standard InChI is InChI=1S/C22H26N4O3/c1-15-6-5-7-19(12-15)28-14-21-24-20(25-29-21)10-11-26(4)22(27)23-18-9-8-16(2)17(3)13-18/h5-9,12-13H,10-11,14H2,1-4H3,(H,23,27). The van der Waals surface area contributed by atoms with E-state index in [-0.39, 0.29) is 12.6 Å². The summed E-state index contributed by atoms with van der Waals surface area (Å²) in [6.07, 6.45) is 0.491. The van der Waals surface area contributed by atoms with Gasteiger partial charge in [-0.1, -0.05) is 23.4 Å². The summed E-state index contributed by atoms with van der Waals surface area (Å²) in [6, 6.07) is 13.4. The number of benzene rings is 2. The van der Waals surface area contributed by atoms with Crippen molar-refractivity contribution in [3.63, 3.8) is 0 Å². The predicted molar refractivity (Wildman–Crippen MR) is 111 cm³/mol. The zero-order chi connectivity index (χ0) is 20.8. The first-order valence-electron chi connectivity index (χ1n) is 9.51. The molecule has 152 valence electrons. The van der Waals surface area contributed by atoms with Crippen molar-refractivity contribution in [2.24, 2.45) is 0 Å². The van der Waals surface area contributed by atoms with Crippen LogP contribution in [-0.4, -0.2) is 34.7 Å². The van der Waals surface area contributed by atoms with Crippen molar-refractivity contribution in [2.75, 3.05) is 18.9 Å². The Morgan fingerprint density at radius 3 is 2.72 bits per heavy atom. The highest BCUT2D eigenvalue weighted by Gasteiger charge is 2.12. The van der Waals surface area contributed by atoms with Crippen LogP contribution in [0.2, 0.25) is 0 Å². The third-order valence-corrected chi connectivity index (χ3v) is 4.64. The highest BCUT2D eigenvalue weighted by molar-refractivity contribution is 5.89. The molecule has 0 spiro atoms. The van der Waals surface area contributed by atoms with Crippen LogP contribution in [0, 0.1) is 20.8 Å². The fraction of sp³-hybridized carbons (Fsp3) is 0.318. The van der Waals surface area contributed by atoms with E-state index in [0.717, 1.165) is 22.6 Å². The molecule has 7 nitrogen and oxygen atoms in total. The van der Waals surface area contributed by atoms with Crippen molar-refractivity contribution in [1.29, 1.82) is 0 Å². The SMILES string of the molecule is Cc1cccc(OCc2nc(CCN(C)C(=O)Nc3ccc(C)c(C)c3)no2)c1. The monoisotopic (exact) mass is 394 g/mol. The Labute approximate surface area is 170 Å². The number of nitrogens with one attached hydrogen (secondary N) is 1. The Hall–Kier alpha value is -3.35. The van der Waals surface area contributed by atoms with Gasteiger partial charge in [-0.3, -0.25) is 0 Å². The summed E-state index contributed by atoms with van der Waals surface area (Å²) in [6.45, 7) is 6.74. The van der Waals surface area contributed by atoms with Crippen LogP contribution in [-0.2, 0) is 13.0 Å². The molecule has 2 aromatic carbocycles. The zero-order valence-electron chi connectivity index (χ0n) is 17.2. The highest BCUT2D eigenvalue weighted by atomic mass is 16.5. The average Bonchev–Trinajstić information content (AvgIpc) is 3.15. The van der Waals surface area contributed by atoms with Gasteiger partial charge in [0, 0.05) is 25.7 Å². The van der Waals surface area contributed by atoms with Crippen molar-refractivity contribution in [1.82, 2.24) is 15.0 Å². The summed E-state index contributed by atoms with van der Waals surface area (Å²) < 4.78 is 10.9. The Kier molecular flexibility index (Phi) is 6.49. The molecular weight excluding hydrogens is 368 g/mol. The average molecular weight is 394 g/mol. The van der Waals surface area contributed by atoms with Gasteiger partial charge in [-0.15, -0.1) is 0 Å². The van der Waals surface area contributed by atoms with E-state index in [2.05, 4.69) is 15.5 Å². The molecule has 0 aliphatic heterocycles. The number of carbonyl (C=O) groups excluding carboxylic acids is 1. The molecule has 0 saturated heterocycles. The minimum atomic E-state index is -0.181. The maximum absolute atomic E-state index is 12.4. The second-order valence-electron chi connectivity index (χ2n) is 7.11. The molecule has 0 aliphatic rings. The molecule has 3 aromatic rings. The summed E-state index contributed by atoms with van der Waals surface area (Å²) in [5.41, 5.74) is 4.23. The van der Waals surface area contributed by atoms with Crippen molar-refractivity contribution in [3.8, 4) is 5.75 Å². The number of ether oxygens (including phenoxy) is 1. The number of aromatic nitrogens is 2. The topological polar surface area (TPSA) is 80.5 Å². The number of amides is 2. The Morgan fingerprint density at radius 1 is 1.14 bits per heavy atom. The van der Waals surface area contributed by atoms with Crippen LogP contribution in [0.3, 0.4) is 0 Å². The second kappa shape index (κ2) is 9.23. The van der Waals surface area contributed by atoms with Crippen LogP contribution in [0.5, 0.6) is 5.75 Å². The Morgan fingerprint density at radius 2 is 1.97 bits per heavy atom. The molecule has 7 heteroatoms. The van der Waals surface area contributed by atoms with E-state index in [1.165, 1.54) is 5.56 Å². The molecule has 29 heavy (non-hydrogen) atoms. The normalized spacial score (nSPS) is 10.6. The molecule has 0 radical (unpaired) electrons. The number of aryl methyl sites for hydroxylation is 3. The molecule has 1 heterocycles. The first kappa shape index (κ1) is 20.4. The van der Waals surface area contributed by atoms with Crippen LogP contribution >= 0.6 is 0 Å². The molecule has 0 saturated carbocycles. The molecule has 3 rings (SSSR count). The van der Waals surface area contributed by atoms with E-state index >= 15 is 0 Å². The van der Waals surface area contributed by atoms with Gasteiger partial charge in [0.05, 0.1) is 0 Å². The van der Waals surface area contributed by atoms with Gasteiger partial charge < -0.3 is 19.5 Å². The quantitative estimate of drug-likeness (QED) is 0.647. The molecule has 1 aromatic heterocycles. The fourth-order valence-electron chi connectivity index (χ4n) is 2.71. The van der Waals surface area contributed by atoms with Crippen molar-refractivity contribution in [2.45, 2.75) is 33.8 Å². The molecule has 1 N–H and O–H groups in total. The molecule has 0 aliphatic carbocycles. The summed E-state index contributed by atoms with van der Waals surface area (Å²) in [5, 5.41) is 6.86. The highest BCUT2D eigenvalue weighted by Crippen LogP contribution is 2.15. The van der Waals surface area contributed by atoms with Gasteiger partial charge in [-0.05, 0) is 61.7 Å². The van der Waals surface area contributed by atoms with Gasteiger partial charge in [0.1, 0.15) is 5.75 Å². The molecule has 0 unspecified atom stereocenters. The van der Waals surface area contributed by atoms with Crippen LogP contribution in [0.25, 0.3) is 0 Å². The first-order valence-corrected chi connectivity index (χ1v) is 9.51. The van der Waals surface area contributed by atoms with E-state index < -0.39 is 0 Å². The number of carbonyl (C=O) groups is 1. The van der Waals surface area contributed by atoms with Crippen molar-refractivity contribution >= 4 is 11.7 Å². The minimum absolute atomic E-state index is 0.181. The third kappa shape index (κ3) is 5.81. The second-order valence-corrected chi connectivity index (χ2v) is 7.11. The Bertz CT molecular complexity index is 984. The molecule has 2 amide bonds. The maximum atomic E-state index is 12.4. The minimum Gasteiger partial charge on any atom is -0.484 e. The molecular formula is C22H26N4O3. The molecule has 0 atom stereocenters. The summed E-state index contributed by atoms with van der Waals surface area (Å²) in [5.74, 6) is 1.70. The van der Waals surface area contributed by atoms with E-state index in [0.29, 0.717) is 24.7 Å². The number of urea groups is 1. The molecule has 0 fully saturated rings. The lowest BCUT2D eigenvalue weighted by Gasteiger charge is -2.17. The van der Waals surface area contributed by atoms with Gasteiger partial charge in [0.15, 0.2) is 12.4 Å². The third-order valence-electron chi connectivity index (χ3n) is 4.64. The lowest BCUT2D eigenvalue weighted by atomic mass is 10.1. The summed E-state index contributed by atoms with van der Waals surface area (Å²) in [4.78, 5) is 18.3. The lowest BCUT2D eigenvalue weighted by Crippen LogP contribution is -2.33. The number of rotatable bonds is 7. The van der Waals surface area contributed by atoms with Gasteiger partial charge in [0.2, 0.25) is 0 Å². The van der Waals surface area contributed by atoms with Crippen molar-refractivity contribution < 1.29 is 14.1 Å². The van der Waals surface area contributed by atoms with E-state index in [4.69, 9.17) is 9.26 Å². The van der Waals surface area contributed by atoms with E-state index in [9.17, 15) is 4.79 Å². The number of likely N-dealkylation sites (N-methyl/N-ethyl adjacent to an activating group) is 1. The van der Waals surface area contributed by atoms with E-state index in [1.54, 1.807) is 11.9 Å². The fourth-order valence-corrected chi connectivity index (χ4v) is 2.71. The van der Waals surface area contributed by atoms with Gasteiger partial charge in [0.25, 0.3) is 5.89 Å². The number of hydrogen-bond acceptors (Lipinski definition) is 5.